The molecular formula is C21H28FN5O2. The number of hydrazone groups is 1. The highest BCUT2D eigenvalue weighted by Gasteiger charge is 2.15. The number of carbonyl (C=O) groups is 2. The van der Waals surface area contributed by atoms with Crippen LogP contribution >= 0.6 is 0 Å². The summed E-state index contributed by atoms with van der Waals surface area (Å²) >= 11 is 0. The average Bonchev–Trinajstić information content (AvgIpc) is 2.73. The zero-order valence-electron chi connectivity index (χ0n) is 17.1. The second-order valence-electron chi connectivity index (χ2n) is 5.84. The fourth-order valence-electron chi connectivity index (χ4n) is 2.21. The van der Waals surface area contributed by atoms with Crippen molar-refractivity contribution < 1.29 is 14.0 Å². The Balaban J connectivity index is 0.00000204. The third-order valence-electron chi connectivity index (χ3n) is 3.54. The van der Waals surface area contributed by atoms with Gasteiger partial charge in [0.2, 0.25) is 5.91 Å². The molecule has 1 unspecified atom stereocenters. The van der Waals surface area contributed by atoms with Gasteiger partial charge in [-0.25, -0.2) is 9.40 Å². The lowest BCUT2D eigenvalue weighted by molar-refractivity contribution is -0.114. The van der Waals surface area contributed by atoms with Crippen LogP contribution in [-0.2, 0) is 4.79 Å². The number of nitrogens with one attached hydrogen (secondary N) is 2. The Morgan fingerprint density at radius 2 is 1.69 bits per heavy atom. The number of benzene rings is 2. The Hall–Kier alpha value is -3.26. The minimum atomic E-state index is -0.873. The van der Waals surface area contributed by atoms with Crippen LogP contribution in [0, 0.1) is 0 Å². The first-order valence-corrected chi connectivity index (χ1v) is 9.32. The summed E-state index contributed by atoms with van der Waals surface area (Å²) in [5.74, 6) is -0.509. The number of rotatable bonds is 6. The van der Waals surface area contributed by atoms with Gasteiger partial charge in [0.25, 0.3) is 5.91 Å². The maximum Gasteiger partial charge on any atom is 0.256 e. The van der Waals surface area contributed by atoms with Crippen molar-refractivity contribution in [3.63, 3.8) is 0 Å². The molecule has 156 valence electrons. The van der Waals surface area contributed by atoms with E-state index in [4.69, 9.17) is 5.73 Å². The van der Waals surface area contributed by atoms with Crippen LogP contribution in [0.3, 0.4) is 0 Å². The molecule has 0 bridgehead atoms. The Labute approximate surface area is 170 Å². The van der Waals surface area contributed by atoms with Crippen molar-refractivity contribution in [3.05, 3.63) is 60.2 Å². The van der Waals surface area contributed by atoms with Gasteiger partial charge in [-0.05, 0) is 43.3 Å². The Morgan fingerprint density at radius 1 is 1.10 bits per heavy atom. The van der Waals surface area contributed by atoms with Gasteiger partial charge in [0, 0.05) is 18.2 Å². The first-order chi connectivity index (χ1) is 13.9. The minimum absolute atomic E-state index is 0.132. The molecule has 1 atom stereocenters. The molecule has 4 N–H and O–H groups in total. The molecule has 2 aromatic carbocycles. The third-order valence-corrected chi connectivity index (χ3v) is 3.54. The van der Waals surface area contributed by atoms with Crippen molar-refractivity contribution >= 4 is 29.0 Å². The summed E-state index contributed by atoms with van der Waals surface area (Å²) in [6, 6.07) is 14.4. The zero-order chi connectivity index (χ0) is 21.8. The molecule has 29 heavy (non-hydrogen) atoms. The summed E-state index contributed by atoms with van der Waals surface area (Å²) in [4.78, 5) is 23.5. The molecule has 2 aromatic rings. The fraction of sp³-hybridized carbons (Fsp3) is 0.286. The smallest absolute Gasteiger partial charge is 0.256 e. The summed E-state index contributed by atoms with van der Waals surface area (Å²) in [5.41, 5.74) is 7.34. The highest BCUT2D eigenvalue weighted by Crippen LogP contribution is 2.14. The second-order valence-corrected chi connectivity index (χ2v) is 5.84. The SMILES string of the molecule is CC.CC(=O)Nc1ccc(C(=O)N/C(=N/N(CF)c2ccccc2)C(C)N)cc1. The van der Waals surface area contributed by atoms with Gasteiger partial charge in [0.05, 0.1) is 11.7 Å². The van der Waals surface area contributed by atoms with Gasteiger partial charge in [-0.1, -0.05) is 32.0 Å². The minimum Gasteiger partial charge on any atom is -0.326 e. The van der Waals surface area contributed by atoms with E-state index in [-0.39, 0.29) is 11.7 Å². The number of amidine groups is 1. The predicted molar refractivity (Wildman–Crippen MR) is 116 cm³/mol. The van der Waals surface area contributed by atoms with Crippen molar-refractivity contribution in [3.8, 4) is 0 Å². The number of hydrogen-bond donors (Lipinski definition) is 3. The number of hydrogen-bond acceptors (Lipinski definition) is 5. The van der Waals surface area contributed by atoms with E-state index in [0.717, 1.165) is 5.01 Å². The molecule has 0 radical (unpaired) electrons. The van der Waals surface area contributed by atoms with Crippen LogP contribution < -0.4 is 21.4 Å². The number of anilines is 2. The van der Waals surface area contributed by atoms with E-state index in [1.54, 1.807) is 55.5 Å². The monoisotopic (exact) mass is 401 g/mol. The van der Waals surface area contributed by atoms with Gasteiger partial charge < -0.3 is 16.4 Å². The molecule has 0 spiro atoms. The van der Waals surface area contributed by atoms with Gasteiger partial charge in [-0.15, -0.1) is 0 Å². The molecule has 0 aliphatic rings. The largest absolute Gasteiger partial charge is 0.326 e. The third kappa shape index (κ3) is 7.71. The van der Waals surface area contributed by atoms with Crippen LogP contribution in [0.2, 0.25) is 0 Å². The summed E-state index contributed by atoms with van der Waals surface area (Å²) in [5, 5.41) is 10.5. The van der Waals surface area contributed by atoms with Crippen molar-refractivity contribution in [1.82, 2.24) is 5.32 Å². The highest BCUT2D eigenvalue weighted by atomic mass is 19.1. The van der Waals surface area contributed by atoms with E-state index in [1.807, 2.05) is 19.9 Å². The van der Waals surface area contributed by atoms with Crippen LogP contribution in [0.15, 0.2) is 59.7 Å². The van der Waals surface area contributed by atoms with Gasteiger partial charge in [-0.3, -0.25) is 9.59 Å². The number of nitrogens with zero attached hydrogens (tertiary/aromatic N) is 2. The topological polar surface area (TPSA) is 99.8 Å². The number of amides is 2. The van der Waals surface area contributed by atoms with Crippen LogP contribution in [0.5, 0.6) is 0 Å². The maximum absolute atomic E-state index is 13.4. The van der Waals surface area contributed by atoms with Crippen molar-refractivity contribution in [2.45, 2.75) is 33.7 Å². The molecule has 8 heteroatoms. The summed E-state index contributed by atoms with van der Waals surface area (Å²) in [6.07, 6.45) is 0. The van der Waals surface area contributed by atoms with E-state index >= 15 is 0 Å². The van der Waals surface area contributed by atoms with E-state index < -0.39 is 18.7 Å². The first-order valence-electron chi connectivity index (χ1n) is 9.32. The lowest BCUT2D eigenvalue weighted by atomic mass is 10.2. The van der Waals surface area contributed by atoms with Crippen molar-refractivity contribution in [1.29, 1.82) is 0 Å². The van der Waals surface area contributed by atoms with Crippen LogP contribution in [-0.4, -0.2) is 30.5 Å². The number of halogens is 1. The van der Waals surface area contributed by atoms with Gasteiger partial charge in [0.1, 0.15) is 5.84 Å². The van der Waals surface area contributed by atoms with Gasteiger partial charge in [-0.2, -0.15) is 5.10 Å². The van der Waals surface area contributed by atoms with E-state index in [1.165, 1.54) is 6.92 Å². The van der Waals surface area contributed by atoms with Crippen LogP contribution in [0.1, 0.15) is 38.1 Å². The maximum atomic E-state index is 13.4. The van der Waals surface area contributed by atoms with E-state index in [0.29, 0.717) is 16.9 Å². The molecule has 0 aliphatic carbocycles. The molecule has 0 heterocycles. The summed E-state index contributed by atoms with van der Waals surface area (Å²) < 4.78 is 13.4. The van der Waals surface area contributed by atoms with Crippen molar-refractivity contribution in [2.24, 2.45) is 10.8 Å². The Kier molecular flexibility index (Phi) is 10.0. The molecule has 7 nitrogen and oxygen atoms in total. The lowest BCUT2D eigenvalue weighted by Gasteiger charge is -2.19. The van der Waals surface area contributed by atoms with Crippen LogP contribution in [0.25, 0.3) is 0 Å². The highest BCUT2D eigenvalue weighted by molar-refractivity contribution is 6.08. The lowest BCUT2D eigenvalue weighted by Crippen LogP contribution is -2.43. The molecule has 0 saturated carbocycles. The number of alkyl halides is 1. The number of carbonyl (C=O) groups excluding carboxylic acids is 2. The number of para-hydroxylation sites is 1. The van der Waals surface area contributed by atoms with E-state index in [2.05, 4.69) is 15.7 Å². The summed E-state index contributed by atoms with van der Waals surface area (Å²) in [6.45, 7) is 6.16. The Bertz CT molecular complexity index is 808. The fourth-order valence-corrected chi connectivity index (χ4v) is 2.21. The van der Waals surface area contributed by atoms with Crippen molar-refractivity contribution in [2.75, 3.05) is 17.1 Å². The predicted octanol–water partition coefficient (Wildman–Crippen LogP) is 3.50. The second kappa shape index (κ2) is 12.2. The van der Waals surface area contributed by atoms with Crippen LogP contribution in [0.4, 0.5) is 15.8 Å². The van der Waals surface area contributed by atoms with E-state index in [9.17, 15) is 14.0 Å². The quantitative estimate of drug-likeness (QED) is 0.299. The molecule has 0 fully saturated rings. The van der Waals surface area contributed by atoms with Gasteiger partial charge in [0.15, 0.2) is 6.80 Å². The summed E-state index contributed by atoms with van der Waals surface area (Å²) in [7, 11) is 0. The standard InChI is InChI=1S/C19H22FN5O2.C2H6/c1-13(21)18(24-25(12-20)17-6-4-3-5-7-17)23-19(27)15-8-10-16(11-9-15)22-14(2)26;1-2/h3-11,13H,12,21H2,1-2H3,(H,22,26)(H,23,24,27);1-2H3. The molecule has 2 amide bonds. The molecular weight excluding hydrogens is 373 g/mol. The molecule has 0 aromatic heterocycles. The average molecular weight is 401 g/mol. The number of nitrogens with two attached hydrogens (primary N) is 1. The molecule has 0 saturated heterocycles. The first kappa shape index (κ1) is 23.8. The molecule has 2 rings (SSSR count). The Morgan fingerprint density at radius 3 is 2.17 bits per heavy atom. The molecule has 0 aliphatic heterocycles. The normalized spacial score (nSPS) is 11.6. The van der Waals surface area contributed by atoms with Gasteiger partial charge >= 0.3 is 0 Å². The zero-order valence-corrected chi connectivity index (χ0v) is 17.1.